The minimum atomic E-state index is 0.430. The number of anilines is 1. The molecule has 0 fully saturated rings. The van der Waals surface area contributed by atoms with E-state index >= 15 is 0 Å². The lowest BCUT2D eigenvalue weighted by atomic mass is 9.97. The molecule has 5 nitrogen and oxygen atoms in total. The van der Waals surface area contributed by atoms with E-state index in [4.69, 9.17) is 11.6 Å². The maximum atomic E-state index is 5.96. The molecular weight excluding hydrogens is 262 g/mol. The number of fused-ring (bicyclic) bond motifs is 1. The Morgan fingerprint density at radius 3 is 3.16 bits per heavy atom. The topological polar surface area (TPSA) is 55.1 Å². The van der Waals surface area contributed by atoms with E-state index in [1.165, 1.54) is 32.0 Å². The van der Waals surface area contributed by atoms with Gasteiger partial charge in [0.05, 0.1) is 0 Å². The van der Waals surface area contributed by atoms with E-state index in [1.807, 2.05) is 0 Å². The summed E-state index contributed by atoms with van der Waals surface area (Å²) < 4.78 is 1.67. The highest BCUT2D eigenvalue weighted by molar-refractivity contribution is 6.29. The van der Waals surface area contributed by atoms with Gasteiger partial charge in [-0.15, -0.1) is 0 Å². The second kappa shape index (κ2) is 5.57. The van der Waals surface area contributed by atoms with Crippen LogP contribution in [0.25, 0.3) is 5.78 Å². The fourth-order valence-electron chi connectivity index (χ4n) is 2.39. The number of halogens is 1. The smallest absolute Gasteiger partial charge is 0.255 e. The van der Waals surface area contributed by atoms with E-state index in [2.05, 4.69) is 26.5 Å². The van der Waals surface area contributed by atoms with E-state index < -0.39 is 0 Å². The molecule has 2 aromatic heterocycles. The van der Waals surface area contributed by atoms with Crippen molar-refractivity contribution in [3.8, 4) is 0 Å². The monoisotopic (exact) mass is 277 g/mol. The summed E-state index contributed by atoms with van der Waals surface area (Å²) in [4.78, 5) is 8.14. The molecule has 2 aromatic rings. The average molecular weight is 278 g/mol. The zero-order valence-corrected chi connectivity index (χ0v) is 11.4. The van der Waals surface area contributed by atoms with Crippen LogP contribution in [0.1, 0.15) is 32.1 Å². The van der Waals surface area contributed by atoms with E-state index in [0.29, 0.717) is 10.9 Å². The van der Waals surface area contributed by atoms with Gasteiger partial charge in [0, 0.05) is 12.6 Å². The zero-order valence-electron chi connectivity index (χ0n) is 10.6. The molecule has 0 bridgehead atoms. The number of hydrogen-bond donors (Lipinski definition) is 1. The second-order valence-corrected chi connectivity index (χ2v) is 5.11. The highest BCUT2D eigenvalue weighted by Gasteiger charge is 2.07. The Morgan fingerprint density at radius 1 is 1.37 bits per heavy atom. The molecule has 2 heterocycles. The number of aromatic nitrogens is 4. The lowest BCUT2D eigenvalue weighted by molar-refractivity contribution is 0.679. The van der Waals surface area contributed by atoms with Crippen molar-refractivity contribution in [1.82, 2.24) is 19.6 Å². The first kappa shape index (κ1) is 12.4. The molecule has 0 unspecified atom stereocenters. The summed E-state index contributed by atoms with van der Waals surface area (Å²) in [5, 5.41) is 7.92. The standard InChI is InChI=1S/C13H16ClN5/c14-11-8-12(19-13(18-11)16-9-17-19)15-7-6-10-4-2-1-3-5-10/h4,8-9,15H,1-3,5-7H2. The molecule has 19 heavy (non-hydrogen) atoms. The molecule has 100 valence electrons. The molecule has 3 rings (SSSR count). The Labute approximate surface area is 116 Å². The number of nitrogens with one attached hydrogen (secondary N) is 1. The maximum Gasteiger partial charge on any atom is 0.255 e. The van der Waals surface area contributed by atoms with Crippen LogP contribution in [-0.4, -0.2) is 26.1 Å². The third-order valence-electron chi connectivity index (χ3n) is 3.36. The minimum absolute atomic E-state index is 0.430. The highest BCUT2D eigenvalue weighted by Crippen LogP contribution is 2.20. The van der Waals surface area contributed by atoms with E-state index in [0.717, 1.165) is 18.8 Å². The zero-order chi connectivity index (χ0) is 13.1. The van der Waals surface area contributed by atoms with Crippen molar-refractivity contribution in [1.29, 1.82) is 0 Å². The van der Waals surface area contributed by atoms with Crippen molar-refractivity contribution in [2.75, 3.05) is 11.9 Å². The number of allylic oxidation sites excluding steroid dienone is 1. The van der Waals surface area contributed by atoms with Crippen LogP contribution in [0.3, 0.4) is 0 Å². The molecule has 1 aliphatic rings. The van der Waals surface area contributed by atoms with Crippen LogP contribution in [0.2, 0.25) is 5.15 Å². The Hall–Kier alpha value is -1.62. The van der Waals surface area contributed by atoms with Gasteiger partial charge in [-0.3, -0.25) is 0 Å². The Bertz CT molecular complexity index is 604. The van der Waals surface area contributed by atoms with Crippen molar-refractivity contribution in [2.24, 2.45) is 0 Å². The largest absolute Gasteiger partial charge is 0.369 e. The first-order valence-corrected chi connectivity index (χ1v) is 6.99. The SMILES string of the molecule is Clc1cc(NCCC2=CCCCC2)n2ncnc2n1. The van der Waals surface area contributed by atoms with Gasteiger partial charge in [0.15, 0.2) is 0 Å². The van der Waals surface area contributed by atoms with Crippen molar-refractivity contribution < 1.29 is 0 Å². The van der Waals surface area contributed by atoms with Crippen LogP contribution in [0, 0.1) is 0 Å². The quantitative estimate of drug-likeness (QED) is 0.689. The number of rotatable bonds is 4. The molecule has 0 aliphatic heterocycles. The lowest BCUT2D eigenvalue weighted by Gasteiger charge is -2.13. The van der Waals surface area contributed by atoms with Gasteiger partial charge in [-0.2, -0.15) is 19.6 Å². The first-order valence-electron chi connectivity index (χ1n) is 6.61. The van der Waals surface area contributed by atoms with E-state index in [9.17, 15) is 0 Å². The molecule has 0 spiro atoms. The predicted octanol–water partition coefficient (Wildman–Crippen LogP) is 3.08. The molecule has 1 aliphatic carbocycles. The van der Waals surface area contributed by atoms with Crippen molar-refractivity contribution >= 4 is 23.2 Å². The molecule has 1 N–H and O–H groups in total. The predicted molar refractivity (Wildman–Crippen MR) is 75.4 cm³/mol. The van der Waals surface area contributed by atoms with Gasteiger partial charge in [0.1, 0.15) is 17.3 Å². The Balaban J connectivity index is 1.68. The van der Waals surface area contributed by atoms with Gasteiger partial charge in [-0.25, -0.2) is 0 Å². The molecule has 0 radical (unpaired) electrons. The fraction of sp³-hybridized carbons (Fsp3) is 0.462. The summed E-state index contributed by atoms with van der Waals surface area (Å²) in [6, 6.07) is 1.78. The molecule has 0 saturated heterocycles. The molecule has 0 atom stereocenters. The summed E-state index contributed by atoms with van der Waals surface area (Å²) in [6.07, 6.45) is 10.0. The first-order chi connectivity index (χ1) is 9.33. The third-order valence-corrected chi connectivity index (χ3v) is 3.55. The second-order valence-electron chi connectivity index (χ2n) is 4.72. The third kappa shape index (κ3) is 2.87. The lowest BCUT2D eigenvalue weighted by Crippen LogP contribution is -2.09. The summed E-state index contributed by atoms with van der Waals surface area (Å²) in [5.74, 6) is 1.36. The Morgan fingerprint density at radius 2 is 2.32 bits per heavy atom. The summed E-state index contributed by atoms with van der Waals surface area (Å²) in [6.45, 7) is 0.876. The molecule has 0 aromatic carbocycles. The van der Waals surface area contributed by atoms with Crippen LogP contribution in [0.15, 0.2) is 24.0 Å². The average Bonchev–Trinajstić information content (AvgIpc) is 2.88. The van der Waals surface area contributed by atoms with E-state index in [-0.39, 0.29) is 0 Å². The molecule has 0 amide bonds. The molecule has 0 saturated carbocycles. The number of hydrogen-bond acceptors (Lipinski definition) is 4. The van der Waals surface area contributed by atoms with Gasteiger partial charge < -0.3 is 5.32 Å². The van der Waals surface area contributed by atoms with Gasteiger partial charge in [0.25, 0.3) is 5.78 Å². The fourth-order valence-corrected chi connectivity index (χ4v) is 2.57. The van der Waals surface area contributed by atoms with Crippen LogP contribution in [0.5, 0.6) is 0 Å². The Kier molecular flexibility index (Phi) is 3.64. The maximum absolute atomic E-state index is 5.96. The van der Waals surface area contributed by atoms with Gasteiger partial charge >= 0.3 is 0 Å². The van der Waals surface area contributed by atoms with Crippen LogP contribution in [0.4, 0.5) is 5.82 Å². The normalized spacial score (nSPS) is 15.5. The summed E-state index contributed by atoms with van der Waals surface area (Å²) >= 11 is 5.96. The van der Waals surface area contributed by atoms with Gasteiger partial charge in [-0.05, 0) is 32.1 Å². The van der Waals surface area contributed by atoms with Crippen molar-refractivity contribution in [2.45, 2.75) is 32.1 Å². The van der Waals surface area contributed by atoms with Crippen molar-refractivity contribution in [3.05, 3.63) is 29.2 Å². The highest BCUT2D eigenvalue weighted by atomic mass is 35.5. The summed E-state index contributed by atoms with van der Waals surface area (Å²) in [7, 11) is 0. The van der Waals surface area contributed by atoms with Crippen LogP contribution >= 0.6 is 11.6 Å². The van der Waals surface area contributed by atoms with Gasteiger partial charge in [0.2, 0.25) is 0 Å². The molecular formula is C13H16ClN5. The van der Waals surface area contributed by atoms with Crippen LogP contribution in [-0.2, 0) is 0 Å². The number of nitrogens with zero attached hydrogens (tertiary/aromatic N) is 4. The molecule has 6 heteroatoms. The van der Waals surface area contributed by atoms with Crippen LogP contribution < -0.4 is 5.32 Å². The minimum Gasteiger partial charge on any atom is -0.369 e. The van der Waals surface area contributed by atoms with Gasteiger partial charge in [-0.1, -0.05) is 23.3 Å². The van der Waals surface area contributed by atoms with Crippen molar-refractivity contribution in [3.63, 3.8) is 0 Å². The van der Waals surface area contributed by atoms with E-state index in [1.54, 1.807) is 16.2 Å². The summed E-state index contributed by atoms with van der Waals surface area (Å²) in [5.41, 5.74) is 1.55.